The molecule has 0 aliphatic carbocycles. The zero-order valence-corrected chi connectivity index (χ0v) is 9.29. The molecule has 0 aromatic rings. The second-order valence-corrected chi connectivity index (χ2v) is 3.69. The Hall–Kier alpha value is -0.120. The van der Waals surface area contributed by atoms with Crippen LogP contribution in [0.25, 0.3) is 0 Å². The summed E-state index contributed by atoms with van der Waals surface area (Å²) in [6.07, 6.45) is 1.33. The Morgan fingerprint density at radius 2 is 1.85 bits per heavy atom. The van der Waals surface area contributed by atoms with E-state index in [0.29, 0.717) is 12.1 Å². The molecule has 13 heavy (non-hydrogen) atoms. The third kappa shape index (κ3) is 6.02. The van der Waals surface area contributed by atoms with Crippen molar-refractivity contribution in [2.45, 2.75) is 39.3 Å². The van der Waals surface area contributed by atoms with Crippen molar-refractivity contribution in [3.05, 3.63) is 0 Å². The fourth-order valence-electron chi connectivity index (χ4n) is 1.22. The second-order valence-electron chi connectivity index (χ2n) is 3.69. The van der Waals surface area contributed by atoms with Crippen LogP contribution >= 0.6 is 0 Å². The SMILES string of the molecule is CO[C@H](C)CCN(CCO)C(C)C. The summed E-state index contributed by atoms with van der Waals surface area (Å²) in [5, 5.41) is 8.84. The molecular weight excluding hydrogens is 166 g/mol. The lowest BCUT2D eigenvalue weighted by Gasteiger charge is -2.26. The Labute approximate surface area is 81.7 Å². The summed E-state index contributed by atoms with van der Waals surface area (Å²) in [5.41, 5.74) is 0. The molecule has 0 bridgehead atoms. The maximum absolute atomic E-state index is 8.84. The zero-order chi connectivity index (χ0) is 10.3. The van der Waals surface area contributed by atoms with Crippen LogP contribution in [0.15, 0.2) is 0 Å². The molecule has 0 radical (unpaired) electrons. The van der Waals surface area contributed by atoms with Crippen molar-refractivity contribution in [2.24, 2.45) is 0 Å². The van der Waals surface area contributed by atoms with E-state index in [2.05, 4.69) is 25.7 Å². The molecule has 0 spiro atoms. The van der Waals surface area contributed by atoms with E-state index in [1.165, 1.54) is 0 Å². The highest BCUT2D eigenvalue weighted by atomic mass is 16.5. The molecule has 0 rings (SSSR count). The highest BCUT2D eigenvalue weighted by Crippen LogP contribution is 2.02. The van der Waals surface area contributed by atoms with Crippen LogP contribution in [0.5, 0.6) is 0 Å². The van der Waals surface area contributed by atoms with Gasteiger partial charge in [-0.3, -0.25) is 4.90 Å². The van der Waals surface area contributed by atoms with Crippen LogP contribution in [0, 0.1) is 0 Å². The fourth-order valence-corrected chi connectivity index (χ4v) is 1.22. The van der Waals surface area contributed by atoms with Gasteiger partial charge in [0.2, 0.25) is 0 Å². The zero-order valence-electron chi connectivity index (χ0n) is 9.29. The molecule has 80 valence electrons. The van der Waals surface area contributed by atoms with Crippen LogP contribution in [0.3, 0.4) is 0 Å². The number of ether oxygens (including phenoxy) is 1. The predicted molar refractivity (Wildman–Crippen MR) is 54.9 cm³/mol. The number of hydrogen-bond donors (Lipinski definition) is 1. The van der Waals surface area contributed by atoms with E-state index in [1.54, 1.807) is 7.11 Å². The van der Waals surface area contributed by atoms with Gasteiger partial charge in [-0.2, -0.15) is 0 Å². The Morgan fingerprint density at radius 3 is 2.23 bits per heavy atom. The molecule has 0 unspecified atom stereocenters. The molecule has 0 aromatic heterocycles. The van der Waals surface area contributed by atoms with Gasteiger partial charge < -0.3 is 9.84 Å². The van der Waals surface area contributed by atoms with Gasteiger partial charge in [0.25, 0.3) is 0 Å². The van der Waals surface area contributed by atoms with Crippen LogP contribution < -0.4 is 0 Å². The van der Waals surface area contributed by atoms with Crippen LogP contribution in [0.2, 0.25) is 0 Å². The predicted octanol–water partition coefficient (Wildman–Crippen LogP) is 1.11. The lowest BCUT2D eigenvalue weighted by molar-refractivity contribution is 0.0860. The van der Waals surface area contributed by atoms with Crippen LogP contribution in [-0.4, -0.2) is 49.0 Å². The van der Waals surface area contributed by atoms with Crippen molar-refractivity contribution in [2.75, 3.05) is 26.8 Å². The molecular formula is C10H23NO2. The molecule has 0 heterocycles. The summed E-state index contributed by atoms with van der Waals surface area (Å²) < 4.78 is 5.17. The summed E-state index contributed by atoms with van der Waals surface area (Å²) in [5.74, 6) is 0. The van der Waals surface area contributed by atoms with E-state index < -0.39 is 0 Å². The van der Waals surface area contributed by atoms with E-state index in [1.807, 2.05) is 0 Å². The number of methoxy groups -OCH3 is 1. The van der Waals surface area contributed by atoms with Crippen LogP contribution in [0.4, 0.5) is 0 Å². The lowest BCUT2D eigenvalue weighted by atomic mass is 10.2. The third-order valence-corrected chi connectivity index (χ3v) is 2.34. The number of aliphatic hydroxyl groups excluding tert-OH is 1. The van der Waals surface area contributed by atoms with E-state index >= 15 is 0 Å². The van der Waals surface area contributed by atoms with Gasteiger partial charge in [0.1, 0.15) is 0 Å². The third-order valence-electron chi connectivity index (χ3n) is 2.34. The first-order chi connectivity index (χ1) is 6.11. The first-order valence-corrected chi connectivity index (χ1v) is 4.99. The molecule has 0 saturated carbocycles. The molecule has 1 N–H and O–H groups in total. The van der Waals surface area contributed by atoms with E-state index in [4.69, 9.17) is 9.84 Å². The van der Waals surface area contributed by atoms with Crippen LogP contribution in [-0.2, 0) is 4.74 Å². The standard InChI is InChI=1S/C10H23NO2/c1-9(2)11(7-8-12)6-5-10(3)13-4/h9-10,12H,5-8H2,1-4H3/t10-/m1/s1. The van der Waals surface area contributed by atoms with Crippen molar-refractivity contribution in [3.8, 4) is 0 Å². The maximum Gasteiger partial charge on any atom is 0.0558 e. The number of rotatable bonds is 7. The van der Waals surface area contributed by atoms with Crippen molar-refractivity contribution in [3.63, 3.8) is 0 Å². The Kier molecular flexibility index (Phi) is 7.23. The Morgan fingerprint density at radius 1 is 1.23 bits per heavy atom. The Bertz CT molecular complexity index is 117. The highest BCUT2D eigenvalue weighted by molar-refractivity contribution is 4.64. The monoisotopic (exact) mass is 189 g/mol. The van der Waals surface area contributed by atoms with Crippen LogP contribution in [0.1, 0.15) is 27.2 Å². The molecule has 0 aliphatic heterocycles. The Balaban J connectivity index is 3.68. The van der Waals surface area contributed by atoms with Crippen molar-refractivity contribution < 1.29 is 9.84 Å². The molecule has 3 nitrogen and oxygen atoms in total. The van der Waals surface area contributed by atoms with Crippen molar-refractivity contribution >= 4 is 0 Å². The summed E-state index contributed by atoms with van der Waals surface area (Å²) in [4.78, 5) is 2.26. The average molecular weight is 189 g/mol. The van der Waals surface area contributed by atoms with Crippen molar-refractivity contribution in [1.29, 1.82) is 0 Å². The molecule has 3 heteroatoms. The normalized spacial score (nSPS) is 14.1. The smallest absolute Gasteiger partial charge is 0.0558 e. The molecule has 0 aliphatic rings. The van der Waals surface area contributed by atoms with Gasteiger partial charge in [-0.15, -0.1) is 0 Å². The van der Waals surface area contributed by atoms with Gasteiger partial charge >= 0.3 is 0 Å². The van der Waals surface area contributed by atoms with Gasteiger partial charge in [0.15, 0.2) is 0 Å². The largest absolute Gasteiger partial charge is 0.395 e. The number of aliphatic hydroxyl groups is 1. The minimum atomic E-state index is 0.236. The van der Waals surface area contributed by atoms with Gasteiger partial charge in [0.05, 0.1) is 12.7 Å². The minimum absolute atomic E-state index is 0.236. The van der Waals surface area contributed by atoms with E-state index in [9.17, 15) is 0 Å². The van der Waals surface area contributed by atoms with E-state index in [-0.39, 0.29) is 6.61 Å². The lowest BCUT2D eigenvalue weighted by Crippen LogP contribution is -2.35. The molecule has 1 atom stereocenters. The van der Waals surface area contributed by atoms with Gasteiger partial charge in [-0.05, 0) is 27.2 Å². The molecule has 0 amide bonds. The molecule has 0 aromatic carbocycles. The second kappa shape index (κ2) is 7.30. The van der Waals surface area contributed by atoms with Gasteiger partial charge in [0, 0.05) is 26.2 Å². The summed E-state index contributed by atoms with van der Waals surface area (Å²) in [6.45, 7) is 8.35. The number of hydrogen-bond acceptors (Lipinski definition) is 3. The summed E-state index contributed by atoms with van der Waals surface area (Å²) >= 11 is 0. The maximum atomic E-state index is 8.84. The fraction of sp³-hybridized carbons (Fsp3) is 1.00. The average Bonchev–Trinajstić information content (AvgIpc) is 2.11. The van der Waals surface area contributed by atoms with Gasteiger partial charge in [-0.1, -0.05) is 0 Å². The first kappa shape index (κ1) is 12.9. The molecule has 0 fully saturated rings. The summed E-state index contributed by atoms with van der Waals surface area (Å²) in [6, 6.07) is 0.496. The topological polar surface area (TPSA) is 32.7 Å². The quantitative estimate of drug-likeness (QED) is 0.651. The molecule has 0 saturated heterocycles. The highest BCUT2D eigenvalue weighted by Gasteiger charge is 2.09. The summed E-state index contributed by atoms with van der Waals surface area (Å²) in [7, 11) is 1.73. The van der Waals surface area contributed by atoms with E-state index in [0.717, 1.165) is 19.5 Å². The van der Waals surface area contributed by atoms with Gasteiger partial charge in [-0.25, -0.2) is 0 Å². The first-order valence-electron chi connectivity index (χ1n) is 4.99. The van der Waals surface area contributed by atoms with Crippen molar-refractivity contribution in [1.82, 2.24) is 4.90 Å². The number of nitrogens with zero attached hydrogens (tertiary/aromatic N) is 1. The minimum Gasteiger partial charge on any atom is -0.395 e.